The first kappa shape index (κ1) is 21.8. The Morgan fingerprint density at radius 3 is 2.48 bits per heavy atom. The lowest BCUT2D eigenvalue weighted by Crippen LogP contribution is -2.43. The minimum atomic E-state index is -3.54. The minimum Gasteiger partial charge on any atom is -0.356 e. The number of aryl methyl sites for hydroxylation is 2. The molecule has 0 atom stereocenters. The van der Waals surface area contributed by atoms with E-state index in [0.717, 1.165) is 12.8 Å². The van der Waals surface area contributed by atoms with Gasteiger partial charge in [-0.05, 0) is 62.4 Å². The summed E-state index contributed by atoms with van der Waals surface area (Å²) in [5.74, 6) is -0.108. The third kappa shape index (κ3) is 5.81. The number of piperidine rings is 1. The van der Waals surface area contributed by atoms with Crippen molar-refractivity contribution >= 4 is 27.5 Å². The summed E-state index contributed by atoms with van der Waals surface area (Å²) in [5, 5.41) is 3.51. The number of hydrogen-bond donors (Lipinski definition) is 1. The molecule has 156 valence electrons. The molecule has 1 N–H and O–H groups in total. The van der Waals surface area contributed by atoms with E-state index in [0.29, 0.717) is 37.5 Å². The number of benzene rings is 2. The van der Waals surface area contributed by atoms with Gasteiger partial charge in [0.2, 0.25) is 15.9 Å². The van der Waals surface area contributed by atoms with Gasteiger partial charge in [-0.15, -0.1) is 0 Å². The van der Waals surface area contributed by atoms with Crippen molar-refractivity contribution < 1.29 is 13.2 Å². The summed E-state index contributed by atoms with van der Waals surface area (Å²) in [5.41, 5.74) is 2.52. The Balaban J connectivity index is 1.44. The highest BCUT2D eigenvalue weighted by Crippen LogP contribution is 2.24. The lowest BCUT2D eigenvalue weighted by atomic mass is 9.97. The Bertz CT molecular complexity index is 937. The number of hydrogen-bond acceptors (Lipinski definition) is 3. The van der Waals surface area contributed by atoms with Gasteiger partial charge in [-0.3, -0.25) is 4.79 Å². The normalized spacial score (nSPS) is 15.9. The quantitative estimate of drug-likeness (QED) is 0.674. The fourth-order valence-corrected chi connectivity index (χ4v) is 5.23. The van der Waals surface area contributed by atoms with Gasteiger partial charge in [0.05, 0.1) is 4.90 Å². The van der Waals surface area contributed by atoms with E-state index in [-0.39, 0.29) is 16.7 Å². The molecule has 0 aliphatic carbocycles. The number of sulfonamides is 1. The average molecular weight is 435 g/mol. The third-order valence-corrected chi connectivity index (χ3v) is 7.46. The Morgan fingerprint density at radius 1 is 1.14 bits per heavy atom. The Kier molecular flexibility index (Phi) is 7.33. The zero-order valence-electron chi connectivity index (χ0n) is 16.6. The maximum Gasteiger partial charge on any atom is 0.243 e. The van der Waals surface area contributed by atoms with E-state index in [2.05, 4.69) is 36.5 Å². The Labute approximate surface area is 178 Å². The van der Waals surface area contributed by atoms with Crippen molar-refractivity contribution in [2.45, 2.75) is 37.5 Å². The minimum absolute atomic E-state index is 0.0257. The number of nitrogens with zero attached hydrogens (tertiary/aromatic N) is 1. The van der Waals surface area contributed by atoms with Crippen LogP contribution in [0, 0.1) is 12.8 Å². The fraction of sp³-hybridized carbons (Fsp3) is 0.409. The molecule has 0 unspecified atom stereocenters. The molecule has 0 aromatic heterocycles. The molecule has 0 saturated carbocycles. The van der Waals surface area contributed by atoms with Crippen LogP contribution in [0.15, 0.2) is 53.4 Å². The Morgan fingerprint density at radius 2 is 1.83 bits per heavy atom. The van der Waals surface area contributed by atoms with Crippen molar-refractivity contribution in [3.05, 3.63) is 64.7 Å². The topological polar surface area (TPSA) is 66.5 Å². The van der Waals surface area contributed by atoms with Crippen LogP contribution in [0.4, 0.5) is 0 Å². The summed E-state index contributed by atoms with van der Waals surface area (Å²) < 4.78 is 26.9. The molecule has 1 aliphatic heterocycles. The average Bonchev–Trinajstić information content (AvgIpc) is 2.71. The van der Waals surface area contributed by atoms with Gasteiger partial charge in [0, 0.05) is 30.6 Å². The van der Waals surface area contributed by atoms with Crippen molar-refractivity contribution in [2.75, 3.05) is 19.6 Å². The predicted molar refractivity (Wildman–Crippen MR) is 115 cm³/mol. The van der Waals surface area contributed by atoms with E-state index < -0.39 is 10.0 Å². The molecule has 0 radical (unpaired) electrons. The number of amides is 1. The molecular formula is C22H27ClN2O3S. The molecule has 1 heterocycles. The molecule has 1 aliphatic rings. The molecule has 5 nitrogen and oxygen atoms in total. The van der Waals surface area contributed by atoms with Crippen molar-refractivity contribution in [1.29, 1.82) is 0 Å². The second-order valence-electron chi connectivity index (χ2n) is 7.52. The first-order valence-corrected chi connectivity index (χ1v) is 11.8. The molecule has 29 heavy (non-hydrogen) atoms. The van der Waals surface area contributed by atoms with E-state index in [1.54, 1.807) is 12.1 Å². The van der Waals surface area contributed by atoms with Crippen LogP contribution in [-0.4, -0.2) is 38.3 Å². The van der Waals surface area contributed by atoms with Gasteiger partial charge in [-0.25, -0.2) is 8.42 Å². The zero-order valence-corrected chi connectivity index (χ0v) is 18.2. The van der Waals surface area contributed by atoms with E-state index >= 15 is 0 Å². The van der Waals surface area contributed by atoms with Crippen molar-refractivity contribution in [3.8, 4) is 0 Å². The van der Waals surface area contributed by atoms with Gasteiger partial charge in [0.1, 0.15) is 0 Å². The van der Waals surface area contributed by atoms with Gasteiger partial charge in [-0.1, -0.05) is 41.4 Å². The smallest absolute Gasteiger partial charge is 0.243 e. The SMILES string of the molecule is Cc1cccc(CCCNC(=O)C2CCN(S(=O)(=O)c3ccc(Cl)cc3)CC2)c1. The van der Waals surface area contributed by atoms with Crippen LogP contribution in [-0.2, 0) is 21.2 Å². The molecule has 7 heteroatoms. The molecule has 2 aromatic rings. The number of carbonyl (C=O) groups is 1. The van der Waals surface area contributed by atoms with E-state index in [1.807, 2.05) is 0 Å². The molecule has 3 rings (SSSR count). The van der Waals surface area contributed by atoms with Crippen LogP contribution < -0.4 is 5.32 Å². The molecule has 0 bridgehead atoms. The van der Waals surface area contributed by atoms with Crippen molar-refractivity contribution in [1.82, 2.24) is 9.62 Å². The lowest BCUT2D eigenvalue weighted by molar-refractivity contribution is -0.126. The third-order valence-electron chi connectivity index (χ3n) is 5.30. The summed E-state index contributed by atoms with van der Waals surface area (Å²) in [4.78, 5) is 12.7. The summed E-state index contributed by atoms with van der Waals surface area (Å²) in [6.07, 6.45) is 2.89. The number of halogens is 1. The van der Waals surface area contributed by atoms with Gasteiger partial charge < -0.3 is 5.32 Å². The van der Waals surface area contributed by atoms with Crippen LogP contribution in [0.5, 0.6) is 0 Å². The highest BCUT2D eigenvalue weighted by atomic mass is 35.5. The second-order valence-corrected chi connectivity index (χ2v) is 9.89. The second kappa shape index (κ2) is 9.74. The summed E-state index contributed by atoms with van der Waals surface area (Å²) in [6, 6.07) is 14.6. The molecule has 2 aromatic carbocycles. The van der Waals surface area contributed by atoms with Crippen molar-refractivity contribution in [3.63, 3.8) is 0 Å². The van der Waals surface area contributed by atoms with Gasteiger partial charge in [-0.2, -0.15) is 4.31 Å². The van der Waals surface area contributed by atoms with Crippen LogP contribution in [0.2, 0.25) is 5.02 Å². The van der Waals surface area contributed by atoms with Crippen LogP contribution >= 0.6 is 11.6 Å². The zero-order chi connectivity index (χ0) is 20.9. The maximum atomic E-state index is 12.7. The van der Waals surface area contributed by atoms with E-state index in [4.69, 9.17) is 11.6 Å². The number of carbonyl (C=O) groups excluding carboxylic acids is 1. The standard InChI is InChI=1S/C22H27ClN2O3S/c1-17-4-2-5-18(16-17)6-3-13-24-22(26)19-11-14-25(15-12-19)29(27,28)21-9-7-20(23)8-10-21/h2,4-5,7-10,16,19H,3,6,11-15H2,1H3,(H,24,26). The Hall–Kier alpha value is -1.89. The van der Waals surface area contributed by atoms with Crippen molar-refractivity contribution in [2.24, 2.45) is 5.92 Å². The summed E-state index contributed by atoms with van der Waals surface area (Å²) in [6.45, 7) is 3.42. The maximum absolute atomic E-state index is 12.7. The number of rotatable bonds is 7. The molecule has 1 saturated heterocycles. The highest BCUT2D eigenvalue weighted by molar-refractivity contribution is 7.89. The first-order chi connectivity index (χ1) is 13.9. The monoisotopic (exact) mass is 434 g/mol. The first-order valence-electron chi connectivity index (χ1n) is 9.95. The van der Waals surface area contributed by atoms with E-state index in [1.165, 1.54) is 27.6 Å². The van der Waals surface area contributed by atoms with Crippen LogP contribution in [0.25, 0.3) is 0 Å². The van der Waals surface area contributed by atoms with Crippen LogP contribution in [0.1, 0.15) is 30.4 Å². The predicted octanol–water partition coefficient (Wildman–Crippen LogP) is 3.80. The highest BCUT2D eigenvalue weighted by Gasteiger charge is 2.31. The summed E-state index contributed by atoms with van der Waals surface area (Å²) in [7, 11) is -3.54. The van der Waals surface area contributed by atoms with E-state index in [9.17, 15) is 13.2 Å². The lowest BCUT2D eigenvalue weighted by Gasteiger charge is -2.30. The van der Waals surface area contributed by atoms with Gasteiger partial charge in [0.25, 0.3) is 0 Å². The molecule has 0 spiro atoms. The van der Waals surface area contributed by atoms with Gasteiger partial charge >= 0.3 is 0 Å². The molecule has 1 amide bonds. The van der Waals surface area contributed by atoms with Crippen LogP contribution in [0.3, 0.4) is 0 Å². The van der Waals surface area contributed by atoms with Gasteiger partial charge in [0.15, 0.2) is 0 Å². The fourth-order valence-electron chi connectivity index (χ4n) is 3.63. The summed E-state index contributed by atoms with van der Waals surface area (Å²) >= 11 is 5.84. The molecular weight excluding hydrogens is 408 g/mol. The largest absolute Gasteiger partial charge is 0.356 e. The molecule has 1 fully saturated rings. The number of nitrogens with one attached hydrogen (secondary N) is 1.